The quantitative estimate of drug-likeness (QED) is 0.417. The van der Waals surface area contributed by atoms with E-state index in [-0.39, 0.29) is 5.82 Å². The third-order valence-corrected chi connectivity index (χ3v) is 6.79. The van der Waals surface area contributed by atoms with Crippen LogP contribution in [0.1, 0.15) is 5.56 Å². The maximum Gasteiger partial charge on any atom is 0.161 e. The molecule has 1 saturated heterocycles. The predicted octanol–water partition coefficient (Wildman–Crippen LogP) is 5.31. The molecule has 0 saturated carbocycles. The van der Waals surface area contributed by atoms with Crippen molar-refractivity contribution < 1.29 is 13.9 Å². The minimum atomic E-state index is -0.214. The van der Waals surface area contributed by atoms with Crippen molar-refractivity contribution in [3.8, 4) is 11.5 Å². The van der Waals surface area contributed by atoms with E-state index < -0.39 is 0 Å². The van der Waals surface area contributed by atoms with Gasteiger partial charge >= 0.3 is 0 Å². The van der Waals surface area contributed by atoms with Crippen molar-refractivity contribution in [2.45, 2.75) is 11.4 Å². The van der Waals surface area contributed by atoms with Gasteiger partial charge in [0.1, 0.15) is 5.82 Å². The molecule has 0 unspecified atom stereocenters. The molecule has 0 aromatic heterocycles. The first kappa shape index (κ1) is 23.3. The number of ether oxygens (including phenoxy) is 2. The zero-order valence-corrected chi connectivity index (χ0v) is 20.1. The van der Waals surface area contributed by atoms with Crippen molar-refractivity contribution in [1.82, 2.24) is 4.90 Å². The maximum absolute atomic E-state index is 13.4. The van der Waals surface area contributed by atoms with Gasteiger partial charge in [-0.3, -0.25) is 4.90 Å². The molecule has 0 aliphatic carbocycles. The molecule has 1 fully saturated rings. The number of hydrogen-bond donors (Lipinski definition) is 0. The molecule has 1 heterocycles. The van der Waals surface area contributed by atoms with Crippen molar-refractivity contribution in [2.75, 3.05) is 56.7 Å². The van der Waals surface area contributed by atoms with E-state index >= 15 is 0 Å². The van der Waals surface area contributed by atoms with Crippen molar-refractivity contribution in [2.24, 2.45) is 0 Å². The van der Waals surface area contributed by atoms with Crippen LogP contribution in [0.25, 0.3) is 0 Å². The van der Waals surface area contributed by atoms with Crippen LogP contribution >= 0.6 is 11.9 Å². The van der Waals surface area contributed by atoms with Crippen LogP contribution in [0, 0.1) is 5.82 Å². The molecule has 33 heavy (non-hydrogen) atoms. The lowest BCUT2D eigenvalue weighted by atomic mass is 10.1. The number of hydrogen-bond acceptors (Lipinski definition) is 6. The summed E-state index contributed by atoms with van der Waals surface area (Å²) >= 11 is 1.51. The van der Waals surface area contributed by atoms with Crippen molar-refractivity contribution >= 4 is 23.3 Å². The summed E-state index contributed by atoms with van der Waals surface area (Å²) < 4.78 is 26.3. The molecular formula is C26H30FN3O2S. The normalized spacial score (nSPS) is 14.2. The van der Waals surface area contributed by atoms with Gasteiger partial charge in [0.2, 0.25) is 0 Å². The standard InChI is InChI=1S/C26H30FN3O2S/c1-28(33-24-6-4-5-21(27)18-24)22-8-10-23(11-9-22)30-15-13-29(14-16-30)19-20-7-12-25(31-2)26(17-20)32-3/h4-12,17-18H,13-16,19H2,1-3H3. The first-order valence-electron chi connectivity index (χ1n) is 11.0. The van der Waals surface area contributed by atoms with Crippen LogP contribution in [0.3, 0.4) is 0 Å². The molecule has 0 spiro atoms. The Labute approximate surface area is 199 Å². The number of benzene rings is 3. The van der Waals surface area contributed by atoms with E-state index in [1.165, 1.54) is 29.3 Å². The van der Waals surface area contributed by atoms with Crippen molar-refractivity contribution in [3.63, 3.8) is 0 Å². The van der Waals surface area contributed by atoms with Gasteiger partial charge in [-0.25, -0.2) is 4.39 Å². The van der Waals surface area contributed by atoms with Gasteiger partial charge < -0.3 is 18.7 Å². The summed E-state index contributed by atoms with van der Waals surface area (Å²) in [5, 5.41) is 0. The summed E-state index contributed by atoms with van der Waals surface area (Å²) in [5.41, 5.74) is 3.54. The molecule has 0 bridgehead atoms. The van der Waals surface area contributed by atoms with Crippen LogP contribution in [0.5, 0.6) is 11.5 Å². The number of piperazine rings is 1. The zero-order chi connectivity index (χ0) is 23.2. The summed E-state index contributed by atoms with van der Waals surface area (Å²) in [6.07, 6.45) is 0. The van der Waals surface area contributed by atoms with Gasteiger partial charge in [0, 0.05) is 56.0 Å². The topological polar surface area (TPSA) is 28.2 Å². The molecule has 7 heteroatoms. The second kappa shape index (κ2) is 10.8. The average Bonchev–Trinajstić information content (AvgIpc) is 2.84. The Morgan fingerprint density at radius 2 is 1.61 bits per heavy atom. The highest BCUT2D eigenvalue weighted by Crippen LogP contribution is 2.30. The van der Waals surface area contributed by atoms with Gasteiger partial charge in [0.05, 0.1) is 14.2 Å². The number of methoxy groups -OCH3 is 2. The predicted molar refractivity (Wildman–Crippen MR) is 134 cm³/mol. The van der Waals surface area contributed by atoms with Gasteiger partial charge in [-0.15, -0.1) is 0 Å². The molecule has 3 aromatic carbocycles. The monoisotopic (exact) mass is 467 g/mol. The lowest BCUT2D eigenvalue weighted by Gasteiger charge is -2.36. The molecule has 0 atom stereocenters. The van der Waals surface area contributed by atoms with E-state index in [2.05, 4.69) is 50.5 Å². The Kier molecular flexibility index (Phi) is 7.62. The van der Waals surface area contributed by atoms with Crippen LogP contribution in [0.2, 0.25) is 0 Å². The fraction of sp³-hybridized carbons (Fsp3) is 0.308. The number of nitrogens with zero attached hydrogens (tertiary/aromatic N) is 3. The highest BCUT2D eigenvalue weighted by atomic mass is 32.2. The van der Waals surface area contributed by atoms with Crippen LogP contribution in [-0.4, -0.2) is 52.3 Å². The number of rotatable bonds is 8. The lowest BCUT2D eigenvalue weighted by molar-refractivity contribution is 0.249. The Bertz CT molecular complexity index is 1060. The van der Waals surface area contributed by atoms with Gasteiger partial charge in [-0.05, 0) is 72.1 Å². The summed E-state index contributed by atoms with van der Waals surface area (Å²) in [6, 6.07) is 21.4. The molecule has 0 amide bonds. The van der Waals surface area contributed by atoms with Crippen molar-refractivity contribution in [1.29, 1.82) is 0 Å². The second-order valence-corrected chi connectivity index (χ2v) is 9.22. The molecule has 4 rings (SSSR count). The van der Waals surface area contributed by atoms with Gasteiger partial charge in [0.25, 0.3) is 0 Å². The highest BCUT2D eigenvalue weighted by molar-refractivity contribution is 8.00. The van der Waals surface area contributed by atoms with E-state index in [0.717, 1.165) is 54.8 Å². The summed E-state index contributed by atoms with van der Waals surface area (Å²) in [7, 11) is 5.33. The largest absolute Gasteiger partial charge is 0.493 e. The third-order valence-electron chi connectivity index (χ3n) is 5.84. The van der Waals surface area contributed by atoms with E-state index in [0.29, 0.717) is 0 Å². The molecule has 3 aromatic rings. The van der Waals surface area contributed by atoms with Crippen LogP contribution in [0.4, 0.5) is 15.8 Å². The Morgan fingerprint density at radius 1 is 0.879 bits per heavy atom. The molecular weight excluding hydrogens is 437 g/mol. The zero-order valence-electron chi connectivity index (χ0n) is 19.3. The van der Waals surface area contributed by atoms with E-state index in [1.54, 1.807) is 26.4 Å². The summed E-state index contributed by atoms with van der Waals surface area (Å²) in [4.78, 5) is 5.77. The summed E-state index contributed by atoms with van der Waals surface area (Å²) in [6.45, 7) is 4.88. The van der Waals surface area contributed by atoms with Gasteiger partial charge in [-0.1, -0.05) is 12.1 Å². The van der Waals surface area contributed by atoms with Crippen LogP contribution in [0.15, 0.2) is 71.6 Å². The van der Waals surface area contributed by atoms with Gasteiger partial charge in [-0.2, -0.15) is 0 Å². The first-order valence-corrected chi connectivity index (χ1v) is 11.8. The van der Waals surface area contributed by atoms with Gasteiger partial charge in [0.15, 0.2) is 11.5 Å². The van der Waals surface area contributed by atoms with E-state index in [1.807, 2.05) is 19.2 Å². The minimum absolute atomic E-state index is 0.214. The molecule has 174 valence electrons. The minimum Gasteiger partial charge on any atom is -0.493 e. The molecule has 0 radical (unpaired) electrons. The third kappa shape index (κ3) is 5.92. The lowest BCUT2D eigenvalue weighted by Crippen LogP contribution is -2.45. The second-order valence-electron chi connectivity index (χ2n) is 8.02. The number of anilines is 2. The van der Waals surface area contributed by atoms with Crippen LogP contribution < -0.4 is 18.7 Å². The average molecular weight is 468 g/mol. The molecule has 0 N–H and O–H groups in total. The first-order chi connectivity index (χ1) is 16.1. The molecule has 1 aliphatic heterocycles. The van der Waals surface area contributed by atoms with E-state index in [4.69, 9.17) is 9.47 Å². The maximum atomic E-state index is 13.4. The Hall–Kier alpha value is -2.90. The fourth-order valence-corrected chi connectivity index (χ4v) is 4.86. The SMILES string of the molecule is COc1ccc(CN2CCN(c3ccc(N(C)Sc4cccc(F)c4)cc3)CC2)cc1OC. The van der Waals surface area contributed by atoms with Crippen molar-refractivity contribution in [3.05, 3.63) is 78.1 Å². The molecule has 5 nitrogen and oxygen atoms in total. The highest BCUT2D eigenvalue weighted by Gasteiger charge is 2.18. The smallest absolute Gasteiger partial charge is 0.161 e. The Morgan fingerprint density at radius 3 is 2.27 bits per heavy atom. The number of halogens is 1. The molecule has 1 aliphatic rings. The van der Waals surface area contributed by atoms with E-state index in [9.17, 15) is 4.39 Å². The summed E-state index contributed by atoms with van der Waals surface area (Å²) in [5.74, 6) is 1.32. The van der Waals surface area contributed by atoms with Crippen LogP contribution in [-0.2, 0) is 6.54 Å². The Balaban J connectivity index is 1.30. The fourth-order valence-electron chi connectivity index (χ4n) is 4.01.